The molecule has 0 aliphatic heterocycles. The molecule has 2 unspecified atom stereocenters. The van der Waals surface area contributed by atoms with Gasteiger partial charge < -0.3 is 5.11 Å². The van der Waals surface area contributed by atoms with Crippen LogP contribution in [0.1, 0.15) is 43.1 Å². The molecule has 1 N–H and O–H groups in total. The maximum Gasteiger partial charge on any atom is 0.312 e. The largest absolute Gasteiger partial charge is 0.391 e. The van der Waals surface area contributed by atoms with E-state index in [1.807, 2.05) is 0 Å². The Bertz CT molecular complexity index is 441. The Morgan fingerprint density at radius 1 is 1.41 bits per heavy atom. The van der Waals surface area contributed by atoms with Gasteiger partial charge in [0, 0.05) is 0 Å². The molecule has 2 atom stereocenters. The van der Waals surface area contributed by atoms with Gasteiger partial charge in [0.2, 0.25) is 0 Å². The van der Waals surface area contributed by atoms with Gasteiger partial charge in [-0.15, -0.1) is 0 Å². The average Bonchev–Trinajstić information content (AvgIpc) is 2.55. The Kier molecular flexibility index (Phi) is 3.15. The SMILES string of the molecule is Cc1nn(C2CCCCC2O)c(C)c1[N+](=O)[O-]. The maximum absolute atomic E-state index is 10.9. The number of aliphatic hydroxyl groups excluding tert-OH is 1. The first-order valence-corrected chi connectivity index (χ1v) is 5.90. The molecule has 94 valence electrons. The third-order valence-corrected chi connectivity index (χ3v) is 3.48. The van der Waals surface area contributed by atoms with E-state index < -0.39 is 11.0 Å². The fraction of sp³-hybridized carbons (Fsp3) is 0.727. The van der Waals surface area contributed by atoms with Crippen molar-refractivity contribution in [2.75, 3.05) is 0 Å². The molecule has 1 heterocycles. The fourth-order valence-corrected chi connectivity index (χ4v) is 2.62. The van der Waals surface area contributed by atoms with E-state index in [1.54, 1.807) is 18.5 Å². The van der Waals surface area contributed by atoms with E-state index in [9.17, 15) is 15.2 Å². The molecule has 0 amide bonds. The van der Waals surface area contributed by atoms with Crippen molar-refractivity contribution >= 4 is 5.69 Å². The zero-order valence-corrected chi connectivity index (χ0v) is 10.1. The van der Waals surface area contributed by atoms with Crippen molar-refractivity contribution in [3.63, 3.8) is 0 Å². The second-order valence-corrected chi connectivity index (χ2v) is 4.64. The van der Waals surface area contributed by atoms with E-state index in [-0.39, 0.29) is 11.7 Å². The zero-order valence-electron chi connectivity index (χ0n) is 10.1. The van der Waals surface area contributed by atoms with E-state index in [0.29, 0.717) is 11.4 Å². The van der Waals surface area contributed by atoms with Gasteiger partial charge in [0.1, 0.15) is 11.4 Å². The minimum Gasteiger partial charge on any atom is -0.391 e. The van der Waals surface area contributed by atoms with Crippen LogP contribution < -0.4 is 0 Å². The van der Waals surface area contributed by atoms with Crippen molar-refractivity contribution in [1.29, 1.82) is 0 Å². The van der Waals surface area contributed by atoms with Gasteiger partial charge >= 0.3 is 5.69 Å². The molecule has 0 aromatic carbocycles. The van der Waals surface area contributed by atoms with Crippen LogP contribution in [-0.2, 0) is 0 Å². The van der Waals surface area contributed by atoms with Crippen molar-refractivity contribution in [3.05, 3.63) is 21.5 Å². The number of nitrogens with zero attached hydrogens (tertiary/aromatic N) is 3. The molecule has 2 rings (SSSR count). The minimum absolute atomic E-state index is 0.0720. The summed E-state index contributed by atoms with van der Waals surface area (Å²) >= 11 is 0. The Labute approximate surface area is 99.4 Å². The van der Waals surface area contributed by atoms with Gasteiger partial charge in [0.25, 0.3) is 0 Å². The molecule has 1 saturated carbocycles. The number of aromatic nitrogens is 2. The Morgan fingerprint density at radius 3 is 2.59 bits per heavy atom. The van der Waals surface area contributed by atoms with Crippen molar-refractivity contribution < 1.29 is 10.0 Å². The summed E-state index contributed by atoms with van der Waals surface area (Å²) in [5.74, 6) is 0. The van der Waals surface area contributed by atoms with Crippen molar-refractivity contribution in [2.45, 2.75) is 51.7 Å². The molecule has 1 aromatic rings. The van der Waals surface area contributed by atoms with E-state index in [0.717, 1.165) is 25.7 Å². The van der Waals surface area contributed by atoms with Crippen LogP contribution in [0.15, 0.2) is 0 Å². The normalized spacial score (nSPS) is 24.9. The molecule has 6 heteroatoms. The Balaban J connectivity index is 2.39. The van der Waals surface area contributed by atoms with E-state index in [2.05, 4.69) is 5.10 Å². The van der Waals surface area contributed by atoms with Crippen molar-refractivity contribution in [2.24, 2.45) is 0 Å². The van der Waals surface area contributed by atoms with Gasteiger partial charge in [-0.25, -0.2) is 0 Å². The van der Waals surface area contributed by atoms with Crippen LogP contribution in [0.2, 0.25) is 0 Å². The van der Waals surface area contributed by atoms with Crippen LogP contribution in [-0.4, -0.2) is 25.9 Å². The predicted octanol–water partition coefficient (Wildman–Crippen LogP) is 1.88. The van der Waals surface area contributed by atoms with Crippen LogP contribution in [0.25, 0.3) is 0 Å². The summed E-state index contributed by atoms with van der Waals surface area (Å²) in [6, 6.07) is -0.115. The highest BCUT2D eigenvalue weighted by atomic mass is 16.6. The molecule has 0 saturated heterocycles. The predicted molar refractivity (Wildman–Crippen MR) is 61.9 cm³/mol. The summed E-state index contributed by atoms with van der Waals surface area (Å²) in [7, 11) is 0. The zero-order chi connectivity index (χ0) is 12.6. The number of hydrogen-bond donors (Lipinski definition) is 1. The Morgan fingerprint density at radius 2 is 2.06 bits per heavy atom. The highest BCUT2D eigenvalue weighted by Crippen LogP contribution is 2.32. The lowest BCUT2D eigenvalue weighted by molar-refractivity contribution is -0.386. The first-order valence-electron chi connectivity index (χ1n) is 5.90. The molecule has 1 aliphatic rings. The van der Waals surface area contributed by atoms with Crippen LogP contribution in [0.4, 0.5) is 5.69 Å². The van der Waals surface area contributed by atoms with Crippen molar-refractivity contribution in [1.82, 2.24) is 9.78 Å². The fourth-order valence-electron chi connectivity index (χ4n) is 2.62. The van der Waals surface area contributed by atoms with E-state index >= 15 is 0 Å². The van der Waals surface area contributed by atoms with Crippen LogP contribution in [0.5, 0.6) is 0 Å². The summed E-state index contributed by atoms with van der Waals surface area (Å²) in [4.78, 5) is 10.5. The molecular weight excluding hydrogens is 222 g/mol. The smallest absolute Gasteiger partial charge is 0.312 e. The molecule has 0 bridgehead atoms. The molecule has 1 aliphatic carbocycles. The van der Waals surface area contributed by atoms with Gasteiger partial charge in [-0.2, -0.15) is 5.10 Å². The highest BCUT2D eigenvalue weighted by molar-refractivity contribution is 5.39. The molecule has 0 spiro atoms. The summed E-state index contributed by atoms with van der Waals surface area (Å²) < 4.78 is 1.64. The number of aliphatic hydroxyl groups is 1. The number of rotatable bonds is 2. The standard InChI is InChI=1S/C11H17N3O3/c1-7-11(14(16)17)8(2)13(12-7)9-5-3-4-6-10(9)15/h9-10,15H,3-6H2,1-2H3. The highest BCUT2D eigenvalue weighted by Gasteiger charge is 2.31. The van der Waals surface area contributed by atoms with Gasteiger partial charge in [-0.1, -0.05) is 12.8 Å². The summed E-state index contributed by atoms with van der Waals surface area (Å²) in [6.07, 6.45) is 3.19. The maximum atomic E-state index is 10.9. The lowest BCUT2D eigenvalue weighted by atomic mass is 9.92. The summed E-state index contributed by atoms with van der Waals surface area (Å²) in [6.45, 7) is 3.33. The quantitative estimate of drug-likeness (QED) is 0.631. The first kappa shape index (κ1) is 12.0. The first-order chi connectivity index (χ1) is 8.02. The third kappa shape index (κ3) is 2.04. The van der Waals surface area contributed by atoms with Crippen molar-refractivity contribution in [3.8, 4) is 0 Å². The van der Waals surface area contributed by atoms with Crippen LogP contribution in [0, 0.1) is 24.0 Å². The van der Waals surface area contributed by atoms with E-state index in [1.165, 1.54) is 0 Å². The second-order valence-electron chi connectivity index (χ2n) is 4.64. The number of hydrogen-bond acceptors (Lipinski definition) is 4. The van der Waals surface area contributed by atoms with Crippen LogP contribution in [0.3, 0.4) is 0 Å². The molecule has 1 fully saturated rings. The lowest BCUT2D eigenvalue weighted by Gasteiger charge is -2.28. The molecule has 0 radical (unpaired) electrons. The summed E-state index contributed by atoms with van der Waals surface area (Å²) in [5, 5.41) is 25.1. The topological polar surface area (TPSA) is 81.2 Å². The van der Waals surface area contributed by atoms with Gasteiger partial charge in [0.05, 0.1) is 17.1 Å². The monoisotopic (exact) mass is 239 g/mol. The Hall–Kier alpha value is -1.43. The van der Waals surface area contributed by atoms with Crippen LogP contribution >= 0.6 is 0 Å². The second kappa shape index (κ2) is 4.44. The molecular formula is C11H17N3O3. The molecule has 6 nitrogen and oxygen atoms in total. The van der Waals surface area contributed by atoms with Gasteiger partial charge in [0.15, 0.2) is 0 Å². The molecule has 1 aromatic heterocycles. The lowest BCUT2D eigenvalue weighted by Crippen LogP contribution is -2.29. The van der Waals surface area contributed by atoms with Gasteiger partial charge in [-0.05, 0) is 26.7 Å². The third-order valence-electron chi connectivity index (χ3n) is 3.48. The average molecular weight is 239 g/mol. The summed E-state index contributed by atoms with van der Waals surface area (Å²) in [5.41, 5.74) is 1.03. The molecule has 17 heavy (non-hydrogen) atoms. The number of aryl methyl sites for hydroxylation is 1. The van der Waals surface area contributed by atoms with Gasteiger partial charge in [-0.3, -0.25) is 14.8 Å². The minimum atomic E-state index is -0.443. The number of nitro groups is 1. The van der Waals surface area contributed by atoms with E-state index in [4.69, 9.17) is 0 Å².